The van der Waals surface area contributed by atoms with E-state index in [2.05, 4.69) is 4.98 Å². The normalized spacial score (nSPS) is 10.2. The van der Waals surface area contributed by atoms with Gasteiger partial charge in [-0.3, -0.25) is 0 Å². The van der Waals surface area contributed by atoms with Crippen LogP contribution in [0.3, 0.4) is 0 Å². The predicted molar refractivity (Wildman–Crippen MR) is 80.6 cm³/mol. The molecule has 0 spiro atoms. The van der Waals surface area contributed by atoms with E-state index in [4.69, 9.17) is 44.8 Å². The summed E-state index contributed by atoms with van der Waals surface area (Å²) >= 11 is 18.3. The first-order valence-corrected chi connectivity index (χ1v) is 6.76. The zero-order chi connectivity index (χ0) is 14.7. The van der Waals surface area contributed by atoms with E-state index < -0.39 is 0 Å². The minimum atomic E-state index is 0.194. The molecule has 0 amide bonds. The molecular weight excluding hydrogens is 319 g/mol. The van der Waals surface area contributed by atoms with Crippen LogP contribution in [-0.4, -0.2) is 12.1 Å². The third-order valence-electron chi connectivity index (χ3n) is 2.64. The number of halogens is 3. The monoisotopic (exact) mass is 326 g/mol. The first-order chi connectivity index (χ1) is 9.56. The van der Waals surface area contributed by atoms with Crippen molar-refractivity contribution in [1.29, 1.82) is 5.26 Å². The molecule has 0 fully saturated rings. The van der Waals surface area contributed by atoms with Gasteiger partial charge in [0.25, 0.3) is 0 Å². The highest BCUT2D eigenvalue weighted by atomic mass is 35.5. The van der Waals surface area contributed by atoms with Gasteiger partial charge in [0.1, 0.15) is 11.4 Å². The van der Waals surface area contributed by atoms with E-state index in [-0.39, 0.29) is 6.42 Å². The molecule has 20 heavy (non-hydrogen) atoms. The van der Waals surface area contributed by atoms with Crippen LogP contribution in [0.25, 0.3) is 11.3 Å². The molecular formula is C14H9Cl3N2O. The molecule has 6 heteroatoms. The van der Waals surface area contributed by atoms with Gasteiger partial charge < -0.3 is 4.74 Å². The van der Waals surface area contributed by atoms with Crippen LogP contribution < -0.4 is 4.74 Å². The largest absolute Gasteiger partial charge is 0.494 e. The van der Waals surface area contributed by atoms with Crippen molar-refractivity contribution in [2.45, 2.75) is 6.42 Å². The van der Waals surface area contributed by atoms with E-state index in [1.54, 1.807) is 24.3 Å². The van der Waals surface area contributed by atoms with Gasteiger partial charge in [0, 0.05) is 10.6 Å². The predicted octanol–water partition coefficient (Wildman–Crippen LogP) is 4.78. The van der Waals surface area contributed by atoms with Crippen molar-refractivity contribution in [2.75, 3.05) is 7.11 Å². The molecule has 102 valence electrons. The van der Waals surface area contributed by atoms with Gasteiger partial charge in [-0.1, -0.05) is 34.8 Å². The number of pyridine rings is 1. The van der Waals surface area contributed by atoms with E-state index in [0.29, 0.717) is 37.8 Å². The molecule has 0 radical (unpaired) electrons. The van der Waals surface area contributed by atoms with Gasteiger partial charge in [0.2, 0.25) is 0 Å². The zero-order valence-electron chi connectivity index (χ0n) is 10.5. The number of nitriles is 1. The van der Waals surface area contributed by atoms with Crippen LogP contribution in [0.5, 0.6) is 5.75 Å². The standard InChI is InChI=1S/C14H9Cl3N2O/c1-20-12-3-2-9(4-5-18)19-14(12)13-10(16)6-8(15)7-11(13)17/h2-3,6-7H,4H2,1H3. The van der Waals surface area contributed by atoms with E-state index in [1.165, 1.54) is 7.11 Å². The number of ether oxygens (including phenoxy) is 1. The van der Waals surface area contributed by atoms with Gasteiger partial charge >= 0.3 is 0 Å². The molecule has 0 aliphatic rings. The van der Waals surface area contributed by atoms with E-state index in [0.717, 1.165) is 0 Å². The lowest BCUT2D eigenvalue weighted by molar-refractivity contribution is 0.414. The minimum Gasteiger partial charge on any atom is -0.494 e. The first kappa shape index (κ1) is 14.9. The highest BCUT2D eigenvalue weighted by molar-refractivity contribution is 6.41. The van der Waals surface area contributed by atoms with Crippen molar-refractivity contribution in [1.82, 2.24) is 4.98 Å². The Morgan fingerprint density at radius 1 is 1.20 bits per heavy atom. The molecule has 0 bridgehead atoms. The molecule has 0 saturated heterocycles. The molecule has 0 unspecified atom stereocenters. The number of rotatable bonds is 3. The quantitative estimate of drug-likeness (QED) is 0.814. The Morgan fingerprint density at radius 2 is 1.85 bits per heavy atom. The van der Waals surface area contributed by atoms with E-state index >= 15 is 0 Å². The number of benzene rings is 1. The number of hydrogen-bond acceptors (Lipinski definition) is 3. The molecule has 1 aromatic heterocycles. The fraction of sp³-hybridized carbons (Fsp3) is 0.143. The summed E-state index contributed by atoms with van der Waals surface area (Å²) in [4.78, 5) is 4.40. The molecule has 1 aromatic carbocycles. The van der Waals surface area contributed by atoms with Crippen LogP contribution in [0.1, 0.15) is 5.69 Å². The summed E-state index contributed by atoms with van der Waals surface area (Å²) < 4.78 is 5.28. The third-order valence-corrected chi connectivity index (χ3v) is 3.45. The average Bonchev–Trinajstić information content (AvgIpc) is 2.38. The average molecular weight is 328 g/mol. The smallest absolute Gasteiger partial charge is 0.145 e. The van der Waals surface area contributed by atoms with Crippen LogP contribution in [0.2, 0.25) is 15.1 Å². The van der Waals surface area contributed by atoms with E-state index in [1.807, 2.05) is 6.07 Å². The second-order valence-corrected chi connectivity index (χ2v) is 5.18. The molecule has 2 aromatic rings. The fourth-order valence-corrected chi connectivity index (χ4v) is 2.77. The maximum Gasteiger partial charge on any atom is 0.145 e. The van der Waals surface area contributed by atoms with Crippen LogP contribution in [-0.2, 0) is 6.42 Å². The maximum atomic E-state index is 8.76. The first-order valence-electron chi connectivity index (χ1n) is 5.62. The lowest BCUT2D eigenvalue weighted by atomic mass is 10.1. The van der Waals surface area contributed by atoms with Crippen molar-refractivity contribution in [2.24, 2.45) is 0 Å². The van der Waals surface area contributed by atoms with Crippen LogP contribution in [0.4, 0.5) is 0 Å². The summed E-state index contributed by atoms with van der Waals surface area (Å²) in [5, 5.41) is 9.96. The van der Waals surface area contributed by atoms with Gasteiger partial charge in [0.15, 0.2) is 0 Å². The molecule has 0 aliphatic heterocycles. The SMILES string of the molecule is COc1ccc(CC#N)nc1-c1c(Cl)cc(Cl)cc1Cl. The van der Waals surface area contributed by atoms with Crippen molar-refractivity contribution in [3.63, 3.8) is 0 Å². The minimum absolute atomic E-state index is 0.194. The molecule has 0 atom stereocenters. The van der Waals surface area contributed by atoms with Gasteiger partial charge in [-0.2, -0.15) is 5.26 Å². The Labute approximate surface area is 131 Å². The lowest BCUT2D eigenvalue weighted by Crippen LogP contribution is -1.97. The Bertz CT molecular complexity index is 672. The van der Waals surface area contributed by atoms with E-state index in [9.17, 15) is 0 Å². The Hall–Kier alpha value is -1.47. The van der Waals surface area contributed by atoms with Crippen molar-refractivity contribution < 1.29 is 4.74 Å². The van der Waals surface area contributed by atoms with Gasteiger partial charge in [-0.05, 0) is 24.3 Å². The second-order valence-electron chi connectivity index (χ2n) is 3.93. The van der Waals surface area contributed by atoms with Crippen LogP contribution >= 0.6 is 34.8 Å². The molecule has 0 N–H and O–H groups in total. The fourth-order valence-electron chi connectivity index (χ4n) is 1.78. The highest BCUT2D eigenvalue weighted by Gasteiger charge is 2.16. The van der Waals surface area contributed by atoms with Crippen molar-refractivity contribution >= 4 is 34.8 Å². The number of methoxy groups -OCH3 is 1. The molecule has 2 rings (SSSR count). The number of nitrogens with zero attached hydrogens (tertiary/aromatic N) is 2. The van der Waals surface area contributed by atoms with Crippen molar-refractivity contribution in [3.05, 3.63) is 45.0 Å². The summed E-state index contributed by atoms with van der Waals surface area (Å²) in [6, 6.07) is 8.68. The number of aromatic nitrogens is 1. The maximum absolute atomic E-state index is 8.76. The summed E-state index contributed by atoms with van der Waals surface area (Å²) in [5.74, 6) is 0.526. The molecule has 0 saturated carbocycles. The third kappa shape index (κ3) is 2.99. The summed E-state index contributed by atoms with van der Waals surface area (Å²) in [5.41, 5.74) is 1.65. The Kier molecular flexibility index (Phi) is 4.72. The van der Waals surface area contributed by atoms with Crippen LogP contribution in [0, 0.1) is 11.3 Å². The van der Waals surface area contributed by atoms with Gasteiger partial charge in [-0.25, -0.2) is 4.98 Å². The zero-order valence-corrected chi connectivity index (χ0v) is 12.7. The lowest BCUT2D eigenvalue weighted by Gasteiger charge is -2.12. The summed E-state index contributed by atoms with van der Waals surface area (Å²) in [7, 11) is 1.53. The van der Waals surface area contributed by atoms with Crippen LogP contribution in [0.15, 0.2) is 24.3 Å². The number of hydrogen-bond donors (Lipinski definition) is 0. The Balaban J connectivity index is 2.68. The Morgan fingerprint density at radius 3 is 2.40 bits per heavy atom. The highest BCUT2D eigenvalue weighted by Crippen LogP contribution is 2.40. The topological polar surface area (TPSA) is 45.9 Å². The van der Waals surface area contributed by atoms with Crippen molar-refractivity contribution in [3.8, 4) is 23.1 Å². The summed E-state index contributed by atoms with van der Waals surface area (Å²) in [6.07, 6.45) is 0.194. The van der Waals surface area contributed by atoms with Gasteiger partial charge in [-0.15, -0.1) is 0 Å². The second kappa shape index (κ2) is 6.32. The summed E-state index contributed by atoms with van der Waals surface area (Å²) in [6.45, 7) is 0. The molecule has 0 aliphatic carbocycles. The molecule has 3 nitrogen and oxygen atoms in total. The molecule has 1 heterocycles. The van der Waals surface area contributed by atoms with Gasteiger partial charge in [0.05, 0.1) is 35.3 Å².